The lowest BCUT2D eigenvalue weighted by Crippen LogP contribution is -2.43. The lowest BCUT2D eigenvalue weighted by molar-refractivity contribution is -0.130. The molecule has 1 N–H and O–H groups in total. The van der Waals surface area contributed by atoms with Gasteiger partial charge in [0.15, 0.2) is 0 Å². The molecular formula is C13H23BO4. The molecular weight excluding hydrogens is 231 g/mol. The van der Waals surface area contributed by atoms with E-state index in [0.29, 0.717) is 0 Å². The number of methoxy groups -OCH3 is 1. The average molecular weight is 254 g/mol. The van der Waals surface area contributed by atoms with Crippen LogP contribution in [0.5, 0.6) is 0 Å². The van der Waals surface area contributed by atoms with Gasteiger partial charge in [-0.2, -0.15) is 0 Å². The molecule has 2 rings (SSSR count). The molecule has 2 radical (unpaired) electrons. The second-order valence-electron chi connectivity index (χ2n) is 5.24. The van der Waals surface area contributed by atoms with E-state index in [1.807, 2.05) is 6.92 Å². The molecule has 0 aromatic carbocycles. The number of hydrogen-bond donors (Lipinski definition) is 1. The van der Waals surface area contributed by atoms with E-state index in [1.54, 1.807) is 7.11 Å². The van der Waals surface area contributed by atoms with Crippen LogP contribution >= 0.6 is 0 Å². The Hall–Kier alpha value is -0.0951. The maximum atomic E-state index is 10.1. The third kappa shape index (κ3) is 2.90. The zero-order valence-electron chi connectivity index (χ0n) is 11.2. The first-order chi connectivity index (χ1) is 8.67. The molecule has 1 saturated carbocycles. The van der Waals surface area contributed by atoms with Gasteiger partial charge in [-0.25, -0.2) is 0 Å². The van der Waals surface area contributed by atoms with E-state index in [0.717, 1.165) is 25.7 Å². The standard InChI is InChI=1S/C13H23BO4/c1-3-8-11(15)12(13(14)18-8)17-10-7-5-4-6-9(10)16-2/h8-13,15H,3-7H2,1-2H3/t8-,9-,10-,11?,12+,13-/m1/s1. The normalized spacial score (nSPS) is 45.3. The lowest BCUT2D eigenvalue weighted by atomic mass is 9.90. The molecule has 2 aliphatic rings. The second-order valence-corrected chi connectivity index (χ2v) is 5.24. The van der Waals surface area contributed by atoms with Gasteiger partial charge >= 0.3 is 0 Å². The van der Waals surface area contributed by atoms with Crippen LogP contribution in [-0.4, -0.2) is 56.6 Å². The van der Waals surface area contributed by atoms with Crippen LogP contribution < -0.4 is 0 Å². The zero-order valence-corrected chi connectivity index (χ0v) is 11.2. The van der Waals surface area contributed by atoms with E-state index in [1.165, 1.54) is 6.42 Å². The largest absolute Gasteiger partial charge is 0.388 e. The van der Waals surface area contributed by atoms with Crippen molar-refractivity contribution in [3.63, 3.8) is 0 Å². The van der Waals surface area contributed by atoms with Gasteiger partial charge in [0.05, 0.1) is 18.3 Å². The molecule has 1 heterocycles. The Morgan fingerprint density at radius 3 is 2.50 bits per heavy atom. The van der Waals surface area contributed by atoms with Crippen molar-refractivity contribution in [2.24, 2.45) is 0 Å². The van der Waals surface area contributed by atoms with Gasteiger partial charge in [-0.1, -0.05) is 19.8 Å². The van der Waals surface area contributed by atoms with Crippen LogP contribution in [0.4, 0.5) is 0 Å². The fourth-order valence-corrected chi connectivity index (χ4v) is 2.95. The number of ether oxygens (including phenoxy) is 3. The van der Waals surface area contributed by atoms with Crippen LogP contribution in [0.1, 0.15) is 39.0 Å². The predicted octanol–water partition coefficient (Wildman–Crippen LogP) is 0.993. The van der Waals surface area contributed by atoms with E-state index < -0.39 is 18.2 Å². The molecule has 1 aliphatic heterocycles. The Morgan fingerprint density at radius 1 is 1.28 bits per heavy atom. The van der Waals surface area contributed by atoms with Crippen molar-refractivity contribution in [3.8, 4) is 0 Å². The quantitative estimate of drug-likeness (QED) is 0.760. The molecule has 0 spiro atoms. The number of rotatable bonds is 4. The van der Waals surface area contributed by atoms with Crippen LogP contribution in [0.3, 0.4) is 0 Å². The van der Waals surface area contributed by atoms with Crippen molar-refractivity contribution in [3.05, 3.63) is 0 Å². The number of aliphatic hydroxyl groups excluding tert-OH is 1. The van der Waals surface area contributed by atoms with Gasteiger partial charge in [0, 0.05) is 13.1 Å². The molecule has 4 nitrogen and oxygen atoms in total. The molecule has 2 fully saturated rings. The lowest BCUT2D eigenvalue weighted by Gasteiger charge is -2.34. The molecule has 0 amide bonds. The van der Waals surface area contributed by atoms with E-state index in [4.69, 9.17) is 22.1 Å². The topological polar surface area (TPSA) is 47.9 Å². The summed E-state index contributed by atoms with van der Waals surface area (Å²) in [4.78, 5) is 0. The monoisotopic (exact) mass is 254 g/mol. The summed E-state index contributed by atoms with van der Waals surface area (Å²) in [6, 6.07) is -0.538. The fraction of sp³-hybridized carbons (Fsp3) is 1.00. The Morgan fingerprint density at radius 2 is 1.94 bits per heavy atom. The minimum atomic E-state index is -0.635. The maximum absolute atomic E-state index is 10.1. The molecule has 1 aliphatic carbocycles. The average Bonchev–Trinajstić information content (AvgIpc) is 2.66. The van der Waals surface area contributed by atoms with Crippen molar-refractivity contribution in [2.75, 3.05) is 7.11 Å². The van der Waals surface area contributed by atoms with Crippen molar-refractivity contribution in [1.29, 1.82) is 0 Å². The highest BCUT2D eigenvalue weighted by atomic mass is 16.6. The van der Waals surface area contributed by atoms with Gasteiger partial charge in [0.2, 0.25) is 0 Å². The summed E-state index contributed by atoms with van der Waals surface area (Å²) in [6.45, 7) is 1.97. The molecule has 18 heavy (non-hydrogen) atoms. The molecule has 5 heteroatoms. The smallest absolute Gasteiger partial charge is 0.112 e. The molecule has 6 atom stereocenters. The molecule has 102 valence electrons. The van der Waals surface area contributed by atoms with Gasteiger partial charge < -0.3 is 19.3 Å². The van der Waals surface area contributed by atoms with Gasteiger partial charge in [-0.15, -0.1) is 0 Å². The minimum absolute atomic E-state index is 0.0219. The minimum Gasteiger partial charge on any atom is -0.388 e. The van der Waals surface area contributed by atoms with Gasteiger partial charge in [0.25, 0.3) is 0 Å². The number of hydrogen-bond acceptors (Lipinski definition) is 4. The Labute approximate surface area is 110 Å². The SMILES string of the molecule is [B][C@@H]1O[C@H](CC)C(O)[C@@H]1O[C@@H]1CCCC[C@H]1OC. The Balaban J connectivity index is 1.95. The molecule has 0 aromatic heterocycles. The summed E-state index contributed by atoms with van der Waals surface area (Å²) in [7, 11) is 7.60. The molecule has 0 aromatic rings. The second kappa shape index (κ2) is 6.37. The van der Waals surface area contributed by atoms with Crippen molar-refractivity contribution < 1.29 is 19.3 Å². The Kier molecular flexibility index (Phi) is 5.07. The van der Waals surface area contributed by atoms with Crippen LogP contribution in [0.15, 0.2) is 0 Å². The fourth-order valence-electron chi connectivity index (χ4n) is 2.95. The highest BCUT2D eigenvalue weighted by molar-refractivity contribution is 6.11. The third-order valence-electron chi connectivity index (χ3n) is 4.05. The summed E-state index contributed by atoms with van der Waals surface area (Å²) in [5.74, 6) is 0. The molecule has 1 saturated heterocycles. The summed E-state index contributed by atoms with van der Waals surface area (Å²) in [6.07, 6.45) is 3.88. The highest BCUT2D eigenvalue weighted by Gasteiger charge is 2.43. The summed E-state index contributed by atoms with van der Waals surface area (Å²) >= 11 is 0. The van der Waals surface area contributed by atoms with E-state index >= 15 is 0 Å². The first-order valence-corrected chi connectivity index (χ1v) is 6.94. The van der Waals surface area contributed by atoms with Crippen LogP contribution in [0.2, 0.25) is 0 Å². The van der Waals surface area contributed by atoms with Gasteiger partial charge in [-0.3, -0.25) is 0 Å². The van der Waals surface area contributed by atoms with Crippen LogP contribution in [0, 0.1) is 0 Å². The van der Waals surface area contributed by atoms with E-state index in [-0.39, 0.29) is 18.3 Å². The summed E-state index contributed by atoms with van der Waals surface area (Å²) in [5, 5.41) is 10.1. The van der Waals surface area contributed by atoms with Crippen LogP contribution in [-0.2, 0) is 14.2 Å². The summed E-state index contributed by atoms with van der Waals surface area (Å²) in [5.41, 5.74) is 0. The van der Waals surface area contributed by atoms with Crippen LogP contribution in [0.25, 0.3) is 0 Å². The van der Waals surface area contributed by atoms with Crippen molar-refractivity contribution in [1.82, 2.24) is 0 Å². The predicted molar refractivity (Wildman–Crippen MR) is 68.6 cm³/mol. The highest BCUT2D eigenvalue weighted by Crippen LogP contribution is 2.30. The zero-order chi connectivity index (χ0) is 13.1. The van der Waals surface area contributed by atoms with Gasteiger partial charge in [0.1, 0.15) is 20.1 Å². The third-order valence-corrected chi connectivity index (χ3v) is 4.05. The maximum Gasteiger partial charge on any atom is 0.112 e. The van der Waals surface area contributed by atoms with Gasteiger partial charge in [-0.05, 0) is 19.3 Å². The van der Waals surface area contributed by atoms with Crippen molar-refractivity contribution >= 4 is 7.85 Å². The first kappa shape index (κ1) is 14.3. The Bertz CT molecular complexity index is 263. The van der Waals surface area contributed by atoms with E-state index in [9.17, 15) is 5.11 Å². The summed E-state index contributed by atoms with van der Waals surface area (Å²) < 4.78 is 16.9. The number of aliphatic hydroxyl groups is 1. The van der Waals surface area contributed by atoms with E-state index in [2.05, 4.69) is 0 Å². The van der Waals surface area contributed by atoms with Crippen molar-refractivity contribution in [2.45, 2.75) is 75.6 Å². The molecule has 1 unspecified atom stereocenters. The first-order valence-electron chi connectivity index (χ1n) is 6.94. The molecule has 0 bridgehead atoms.